The molecule has 1 unspecified atom stereocenters. The van der Waals surface area contributed by atoms with Crippen molar-refractivity contribution in [2.75, 3.05) is 12.9 Å². The van der Waals surface area contributed by atoms with E-state index in [2.05, 4.69) is 20.7 Å². The first-order valence-electron chi connectivity index (χ1n) is 5.24. The highest BCUT2D eigenvalue weighted by Crippen LogP contribution is 2.23. The maximum Gasteiger partial charge on any atom is 0.337 e. The molecule has 17 heavy (non-hydrogen) atoms. The minimum absolute atomic E-state index is 0.202. The smallest absolute Gasteiger partial charge is 0.337 e. The van der Waals surface area contributed by atoms with Crippen LogP contribution in [0.3, 0.4) is 0 Å². The van der Waals surface area contributed by atoms with Crippen LogP contribution in [0.5, 0.6) is 0 Å². The molecule has 0 saturated heterocycles. The molecule has 5 heteroatoms. The van der Waals surface area contributed by atoms with Crippen molar-refractivity contribution in [2.24, 2.45) is 5.73 Å². The first-order chi connectivity index (χ1) is 8.04. The van der Waals surface area contributed by atoms with Crippen molar-refractivity contribution >= 4 is 33.7 Å². The average Bonchev–Trinajstić information content (AvgIpc) is 2.29. The number of rotatable bonds is 5. The summed E-state index contributed by atoms with van der Waals surface area (Å²) in [5.41, 5.74) is 7.39. The Balaban J connectivity index is 2.66. The van der Waals surface area contributed by atoms with Crippen molar-refractivity contribution in [1.29, 1.82) is 0 Å². The Labute approximate surface area is 114 Å². The maximum absolute atomic E-state index is 11.3. The molecule has 1 rings (SSSR count). The molecule has 1 atom stereocenters. The normalized spacial score (nSPS) is 12.2. The minimum atomic E-state index is -0.319. The van der Waals surface area contributed by atoms with Gasteiger partial charge in [-0.15, -0.1) is 0 Å². The van der Waals surface area contributed by atoms with Crippen LogP contribution in [-0.4, -0.2) is 24.9 Å². The van der Waals surface area contributed by atoms with Crippen LogP contribution in [0.1, 0.15) is 22.8 Å². The number of hydrogen-bond acceptors (Lipinski definition) is 4. The Hall–Kier alpha value is -0.520. The summed E-state index contributed by atoms with van der Waals surface area (Å²) in [6.07, 6.45) is 0. The highest BCUT2D eigenvalue weighted by Gasteiger charge is 2.08. The van der Waals surface area contributed by atoms with Crippen LogP contribution in [0, 0.1) is 0 Å². The summed E-state index contributed by atoms with van der Waals surface area (Å²) in [7, 11) is 1.38. The van der Waals surface area contributed by atoms with Crippen LogP contribution in [0.4, 0.5) is 0 Å². The fourth-order valence-corrected chi connectivity index (χ4v) is 2.93. The lowest BCUT2D eigenvalue weighted by atomic mass is 10.1. The molecule has 0 saturated carbocycles. The van der Waals surface area contributed by atoms with E-state index in [1.165, 1.54) is 7.11 Å². The third kappa shape index (κ3) is 4.69. The van der Waals surface area contributed by atoms with Gasteiger partial charge in [0.1, 0.15) is 0 Å². The number of halogens is 1. The van der Waals surface area contributed by atoms with E-state index in [0.29, 0.717) is 5.56 Å². The van der Waals surface area contributed by atoms with Gasteiger partial charge in [-0.3, -0.25) is 0 Å². The molecule has 0 radical (unpaired) electrons. The lowest BCUT2D eigenvalue weighted by Crippen LogP contribution is -2.17. The summed E-state index contributed by atoms with van der Waals surface area (Å²) in [5, 5.41) is 0. The molecule has 0 aliphatic carbocycles. The second-order valence-corrected chi connectivity index (χ2v) is 5.67. The van der Waals surface area contributed by atoms with Gasteiger partial charge in [-0.25, -0.2) is 4.79 Å². The van der Waals surface area contributed by atoms with E-state index in [9.17, 15) is 4.79 Å². The number of carbonyl (C=O) groups is 1. The molecule has 0 aromatic heterocycles. The second kappa shape index (κ2) is 7.03. The fraction of sp³-hybridized carbons (Fsp3) is 0.417. The average molecular weight is 318 g/mol. The molecule has 1 aromatic carbocycles. The Morgan fingerprint density at radius 1 is 1.59 bits per heavy atom. The Morgan fingerprint density at radius 3 is 2.82 bits per heavy atom. The number of thioether (sulfide) groups is 1. The molecular formula is C12H16BrNO2S. The van der Waals surface area contributed by atoms with Gasteiger partial charge in [-0.2, -0.15) is 11.8 Å². The molecule has 94 valence electrons. The molecule has 1 aromatic rings. The van der Waals surface area contributed by atoms with Crippen molar-refractivity contribution in [3.8, 4) is 0 Å². The van der Waals surface area contributed by atoms with Crippen LogP contribution >= 0.6 is 27.7 Å². The molecule has 3 nitrogen and oxygen atoms in total. The Bertz CT molecular complexity index is 396. The lowest BCUT2D eigenvalue weighted by molar-refractivity contribution is 0.0600. The van der Waals surface area contributed by atoms with Gasteiger partial charge in [-0.05, 0) is 24.6 Å². The van der Waals surface area contributed by atoms with E-state index in [4.69, 9.17) is 5.73 Å². The van der Waals surface area contributed by atoms with Gasteiger partial charge in [0.2, 0.25) is 0 Å². The van der Waals surface area contributed by atoms with Gasteiger partial charge >= 0.3 is 5.97 Å². The summed E-state index contributed by atoms with van der Waals surface area (Å²) in [6.45, 7) is 1.99. The largest absolute Gasteiger partial charge is 0.465 e. The number of carbonyl (C=O) groups excluding carboxylic acids is 1. The van der Waals surface area contributed by atoms with E-state index in [0.717, 1.165) is 21.5 Å². The van der Waals surface area contributed by atoms with E-state index in [1.807, 2.05) is 13.0 Å². The first kappa shape index (κ1) is 14.5. The SMILES string of the molecule is COC(=O)c1ccc(CSCC(C)N)c(Br)c1. The van der Waals surface area contributed by atoms with Gasteiger partial charge in [0.15, 0.2) is 0 Å². The van der Waals surface area contributed by atoms with Crippen molar-refractivity contribution < 1.29 is 9.53 Å². The zero-order valence-electron chi connectivity index (χ0n) is 9.90. The molecule has 0 aliphatic rings. The number of ether oxygens (including phenoxy) is 1. The standard InChI is InChI=1S/C12H16BrNO2S/c1-8(14)6-17-7-10-4-3-9(5-11(10)13)12(15)16-2/h3-5,8H,6-7,14H2,1-2H3. The highest BCUT2D eigenvalue weighted by molar-refractivity contribution is 9.10. The fourth-order valence-electron chi connectivity index (χ4n) is 1.26. The van der Waals surface area contributed by atoms with E-state index in [1.54, 1.807) is 23.9 Å². The molecule has 0 fully saturated rings. The Kier molecular flexibility index (Phi) is 6.02. The van der Waals surface area contributed by atoms with Gasteiger partial charge in [0.25, 0.3) is 0 Å². The predicted molar refractivity (Wildman–Crippen MR) is 75.3 cm³/mol. The van der Waals surface area contributed by atoms with Crippen molar-refractivity contribution in [3.05, 3.63) is 33.8 Å². The summed E-state index contributed by atoms with van der Waals surface area (Å²) >= 11 is 5.24. The van der Waals surface area contributed by atoms with Crippen LogP contribution < -0.4 is 5.73 Å². The van der Waals surface area contributed by atoms with E-state index < -0.39 is 0 Å². The molecule has 0 spiro atoms. The molecule has 2 N–H and O–H groups in total. The first-order valence-corrected chi connectivity index (χ1v) is 7.19. The summed E-state index contributed by atoms with van der Waals surface area (Å²) in [4.78, 5) is 11.3. The molecule has 0 amide bonds. The number of methoxy groups -OCH3 is 1. The van der Waals surface area contributed by atoms with Gasteiger partial charge < -0.3 is 10.5 Å². The maximum atomic E-state index is 11.3. The quantitative estimate of drug-likeness (QED) is 0.848. The predicted octanol–water partition coefficient (Wildman–Crippen LogP) is 2.82. The number of nitrogens with two attached hydrogens (primary N) is 1. The minimum Gasteiger partial charge on any atom is -0.465 e. The molecule has 0 heterocycles. The lowest BCUT2D eigenvalue weighted by Gasteiger charge is -2.08. The topological polar surface area (TPSA) is 52.3 Å². The third-order valence-electron chi connectivity index (χ3n) is 2.11. The van der Waals surface area contributed by atoms with Gasteiger partial charge in [0.05, 0.1) is 12.7 Å². The Morgan fingerprint density at radius 2 is 2.29 bits per heavy atom. The van der Waals surface area contributed by atoms with Crippen LogP contribution in [0.15, 0.2) is 22.7 Å². The summed E-state index contributed by atoms with van der Waals surface area (Å²) < 4.78 is 5.59. The van der Waals surface area contributed by atoms with Crippen LogP contribution in [0.25, 0.3) is 0 Å². The van der Waals surface area contributed by atoms with E-state index in [-0.39, 0.29) is 12.0 Å². The van der Waals surface area contributed by atoms with Crippen molar-refractivity contribution in [1.82, 2.24) is 0 Å². The van der Waals surface area contributed by atoms with E-state index >= 15 is 0 Å². The molecule has 0 bridgehead atoms. The van der Waals surface area contributed by atoms with Crippen molar-refractivity contribution in [3.63, 3.8) is 0 Å². The molecule has 0 aliphatic heterocycles. The van der Waals surface area contributed by atoms with Crippen LogP contribution in [0.2, 0.25) is 0 Å². The summed E-state index contributed by atoms with van der Waals surface area (Å²) in [5.74, 6) is 1.48. The summed E-state index contributed by atoms with van der Waals surface area (Å²) in [6, 6.07) is 5.70. The van der Waals surface area contributed by atoms with Crippen molar-refractivity contribution in [2.45, 2.75) is 18.7 Å². The number of hydrogen-bond donors (Lipinski definition) is 1. The number of esters is 1. The highest BCUT2D eigenvalue weighted by atomic mass is 79.9. The van der Waals surface area contributed by atoms with Crippen LogP contribution in [-0.2, 0) is 10.5 Å². The number of benzene rings is 1. The second-order valence-electron chi connectivity index (χ2n) is 3.79. The van der Waals surface area contributed by atoms with Gasteiger partial charge in [0, 0.05) is 22.0 Å². The third-order valence-corrected chi connectivity index (χ3v) is 4.13. The zero-order chi connectivity index (χ0) is 12.8. The monoisotopic (exact) mass is 317 g/mol. The molecular weight excluding hydrogens is 302 g/mol. The van der Waals surface area contributed by atoms with Gasteiger partial charge in [-0.1, -0.05) is 22.0 Å². The zero-order valence-corrected chi connectivity index (χ0v) is 12.3.